The second kappa shape index (κ2) is 5.62. The van der Waals surface area contributed by atoms with Crippen molar-refractivity contribution in [2.24, 2.45) is 5.73 Å². The summed E-state index contributed by atoms with van der Waals surface area (Å²) in [5, 5.41) is 0. The Morgan fingerprint density at radius 3 is 2.68 bits per heavy atom. The Morgan fingerprint density at radius 2 is 2.05 bits per heavy atom. The molecular weight excluding hydrogens is 249 g/mol. The van der Waals surface area contributed by atoms with Crippen LogP contribution >= 0.6 is 0 Å². The van der Waals surface area contributed by atoms with Crippen molar-refractivity contribution in [2.75, 3.05) is 14.2 Å². The smallest absolute Gasteiger partial charge is 0.240 e. The van der Waals surface area contributed by atoms with E-state index in [9.17, 15) is 4.39 Å². The largest absolute Gasteiger partial charge is 0.480 e. The quantitative estimate of drug-likeness (QED) is 0.908. The molecule has 0 fully saturated rings. The molecule has 2 N–H and O–H groups in total. The third kappa shape index (κ3) is 2.79. The summed E-state index contributed by atoms with van der Waals surface area (Å²) in [5.41, 5.74) is 7.08. The lowest BCUT2D eigenvalue weighted by Crippen LogP contribution is -2.16. The topological polar surface area (TPSA) is 70.3 Å². The van der Waals surface area contributed by atoms with Gasteiger partial charge >= 0.3 is 0 Å². The Labute approximate surface area is 110 Å². The highest BCUT2D eigenvalue weighted by molar-refractivity contribution is 5.34. The number of rotatable bonds is 4. The Balaban J connectivity index is 2.40. The van der Waals surface area contributed by atoms with E-state index in [0.29, 0.717) is 17.1 Å². The van der Waals surface area contributed by atoms with Gasteiger partial charge in [0.15, 0.2) is 0 Å². The molecule has 2 rings (SSSR count). The van der Waals surface area contributed by atoms with Gasteiger partial charge in [-0.25, -0.2) is 9.37 Å². The number of benzene rings is 1. The zero-order chi connectivity index (χ0) is 13.8. The number of halogens is 1. The lowest BCUT2D eigenvalue weighted by atomic mass is 10.0. The van der Waals surface area contributed by atoms with Crippen molar-refractivity contribution < 1.29 is 13.9 Å². The Bertz CT molecular complexity index is 578. The van der Waals surface area contributed by atoms with Gasteiger partial charge < -0.3 is 15.2 Å². The molecule has 0 saturated carbocycles. The van der Waals surface area contributed by atoms with Crippen molar-refractivity contribution in [3.8, 4) is 11.8 Å². The minimum Gasteiger partial charge on any atom is -0.480 e. The van der Waals surface area contributed by atoms with Crippen LogP contribution in [-0.2, 0) is 0 Å². The Hall–Kier alpha value is -2.21. The maximum atomic E-state index is 13.2. The van der Waals surface area contributed by atoms with Crippen LogP contribution in [0.3, 0.4) is 0 Å². The second-order valence-corrected chi connectivity index (χ2v) is 3.84. The predicted octanol–water partition coefficient (Wildman–Crippen LogP) is 1.68. The third-order valence-corrected chi connectivity index (χ3v) is 2.65. The number of nitrogens with zero attached hydrogens (tertiary/aromatic N) is 2. The fourth-order valence-electron chi connectivity index (χ4n) is 1.69. The summed E-state index contributed by atoms with van der Waals surface area (Å²) < 4.78 is 23.3. The molecule has 2 aromatic rings. The van der Waals surface area contributed by atoms with E-state index in [4.69, 9.17) is 15.2 Å². The highest BCUT2D eigenvalue weighted by Gasteiger charge is 2.18. The van der Waals surface area contributed by atoms with E-state index in [1.165, 1.54) is 32.5 Å². The molecule has 6 heteroatoms. The first-order valence-corrected chi connectivity index (χ1v) is 5.61. The molecule has 1 unspecified atom stereocenters. The van der Waals surface area contributed by atoms with Crippen LogP contribution in [0.1, 0.15) is 17.3 Å². The molecule has 0 aliphatic heterocycles. The molecular formula is C13H14FN3O2. The van der Waals surface area contributed by atoms with Crippen LogP contribution in [0.4, 0.5) is 4.39 Å². The molecule has 0 aliphatic rings. The second-order valence-electron chi connectivity index (χ2n) is 3.84. The van der Waals surface area contributed by atoms with Gasteiger partial charge in [-0.2, -0.15) is 4.98 Å². The first-order valence-electron chi connectivity index (χ1n) is 5.61. The van der Waals surface area contributed by atoms with E-state index in [1.807, 2.05) is 0 Å². The van der Waals surface area contributed by atoms with Gasteiger partial charge in [0.25, 0.3) is 0 Å². The van der Waals surface area contributed by atoms with Crippen LogP contribution in [0, 0.1) is 5.82 Å². The first-order chi connectivity index (χ1) is 9.15. The normalized spacial score (nSPS) is 12.0. The highest BCUT2D eigenvalue weighted by atomic mass is 19.1. The van der Waals surface area contributed by atoms with E-state index in [-0.39, 0.29) is 11.7 Å². The van der Waals surface area contributed by atoms with Crippen LogP contribution in [-0.4, -0.2) is 24.2 Å². The summed E-state index contributed by atoms with van der Waals surface area (Å²) in [6.07, 6.45) is 1.44. The molecule has 1 aromatic heterocycles. The van der Waals surface area contributed by atoms with E-state index in [2.05, 4.69) is 9.97 Å². The Kier molecular flexibility index (Phi) is 3.91. The minimum absolute atomic E-state index is 0.260. The first kappa shape index (κ1) is 13.2. The molecule has 1 heterocycles. The van der Waals surface area contributed by atoms with Gasteiger partial charge in [-0.15, -0.1) is 0 Å². The Morgan fingerprint density at radius 1 is 1.26 bits per heavy atom. The number of methoxy groups -OCH3 is 2. The van der Waals surface area contributed by atoms with Gasteiger partial charge in [0, 0.05) is 0 Å². The molecule has 5 nitrogen and oxygen atoms in total. The SMILES string of the molecule is COc1cnc(C(N)c2cccc(F)c2)c(OC)n1. The summed E-state index contributed by atoms with van der Waals surface area (Å²) in [6, 6.07) is 5.40. The van der Waals surface area contributed by atoms with Gasteiger partial charge in [0.1, 0.15) is 11.5 Å². The molecule has 1 atom stereocenters. The van der Waals surface area contributed by atoms with Crippen LogP contribution < -0.4 is 15.2 Å². The van der Waals surface area contributed by atoms with Crippen molar-refractivity contribution in [1.29, 1.82) is 0 Å². The third-order valence-electron chi connectivity index (χ3n) is 2.65. The van der Waals surface area contributed by atoms with Crippen LogP contribution in [0.25, 0.3) is 0 Å². The number of nitrogens with two attached hydrogens (primary N) is 1. The van der Waals surface area contributed by atoms with Crippen molar-refractivity contribution >= 4 is 0 Å². The van der Waals surface area contributed by atoms with Crippen LogP contribution in [0.15, 0.2) is 30.5 Å². The highest BCUT2D eigenvalue weighted by Crippen LogP contribution is 2.26. The molecule has 100 valence electrons. The number of hydrogen-bond donors (Lipinski definition) is 1. The molecule has 0 spiro atoms. The van der Waals surface area contributed by atoms with Gasteiger partial charge in [0.2, 0.25) is 11.8 Å². The zero-order valence-electron chi connectivity index (χ0n) is 10.6. The van der Waals surface area contributed by atoms with Gasteiger partial charge in [0.05, 0.1) is 26.5 Å². The maximum absolute atomic E-state index is 13.2. The molecule has 1 aromatic carbocycles. The van der Waals surface area contributed by atoms with E-state index in [1.54, 1.807) is 12.1 Å². The van der Waals surface area contributed by atoms with Crippen molar-refractivity contribution in [1.82, 2.24) is 9.97 Å². The fourth-order valence-corrected chi connectivity index (χ4v) is 1.69. The van der Waals surface area contributed by atoms with E-state index < -0.39 is 6.04 Å². The van der Waals surface area contributed by atoms with Crippen molar-refractivity contribution in [3.63, 3.8) is 0 Å². The fraction of sp³-hybridized carbons (Fsp3) is 0.231. The van der Waals surface area contributed by atoms with Crippen molar-refractivity contribution in [3.05, 3.63) is 47.5 Å². The number of ether oxygens (including phenoxy) is 2. The lowest BCUT2D eigenvalue weighted by molar-refractivity contribution is 0.355. The van der Waals surface area contributed by atoms with Gasteiger partial charge in [-0.05, 0) is 17.7 Å². The summed E-state index contributed by atoms with van der Waals surface area (Å²) in [6.45, 7) is 0. The van der Waals surface area contributed by atoms with Gasteiger partial charge in [-0.3, -0.25) is 0 Å². The minimum atomic E-state index is -0.621. The van der Waals surface area contributed by atoms with Crippen LogP contribution in [0.2, 0.25) is 0 Å². The van der Waals surface area contributed by atoms with E-state index >= 15 is 0 Å². The molecule has 0 saturated heterocycles. The molecule has 0 bridgehead atoms. The zero-order valence-corrected chi connectivity index (χ0v) is 10.6. The maximum Gasteiger partial charge on any atom is 0.240 e. The van der Waals surface area contributed by atoms with Crippen LogP contribution in [0.5, 0.6) is 11.8 Å². The summed E-state index contributed by atoms with van der Waals surface area (Å²) in [7, 11) is 2.95. The summed E-state index contributed by atoms with van der Waals surface area (Å²) in [5.74, 6) is 0.233. The number of hydrogen-bond acceptors (Lipinski definition) is 5. The molecule has 19 heavy (non-hydrogen) atoms. The molecule has 0 aliphatic carbocycles. The summed E-state index contributed by atoms with van der Waals surface area (Å²) >= 11 is 0. The lowest BCUT2D eigenvalue weighted by Gasteiger charge is -2.14. The average Bonchev–Trinajstić information content (AvgIpc) is 2.45. The number of aromatic nitrogens is 2. The van der Waals surface area contributed by atoms with Crippen molar-refractivity contribution in [2.45, 2.75) is 6.04 Å². The standard InChI is InChI=1S/C13H14FN3O2/c1-18-10-7-16-12(13(17-10)19-2)11(15)8-4-3-5-9(14)6-8/h3-7,11H,15H2,1-2H3. The summed E-state index contributed by atoms with van der Waals surface area (Å²) in [4.78, 5) is 8.26. The predicted molar refractivity (Wildman–Crippen MR) is 67.6 cm³/mol. The van der Waals surface area contributed by atoms with Gasteiger partial charge in [-0.1, -0.05) is 12.1 Å². The molecule has 0 radical (unpaired) electrons. The van der Waals surface area contributed by atoms with E-state index in [0.717, 1.165) is 0 Å². The molecule has 0 amide bonds. The average molecular weight is 263 g/mol. The monoisotopic (exact) mass is 263 g/mol.